The first-order valence-electron chi connectivity index (χ1n) is 6.75. The first kappa shape index (κ1) is 13.1. The summed E-state index contributed by atoms with van der Waals surface area (Å²) < 4.78 is 5.77. The zero-order chi connectivity index (χ0) is 13.9. The number of rotatable bonds is 2. The summed E-state index contributed by atoms with van der Waals surface area (Å²) in [4.78, 5) is 2.28. The highest BCUT2D eigenvalue weighted by Gasteiger charge is 2.18. The van der Waals surface area contributed by atoms with Crippen LogP contribution in [0.1, 0.15) is 12.0 Å². The Morgan fingerprint density at radius 2 is 2.00 bits per heavy atom. The summed E-state index contributed by atoms with van der Waals surface area (Å²) in [6.45, 7) is 2.37. The molecule has 0 saturated carbocycles. The molecule has 2 N–H and O–H groups in total. The lowest BCUT2D eigenvalue weighted by molar-refractivity contribution is 0.322. The molecule has 1 heterocycles. The lowest BCUT2D eigenvalue weighted by Crippen LogP contribution is -2.24. The molecule has 0 saturated heterocycles. The molecule has 0 aromatic heterocycles. The van der Waals surface area contributed by atoms with Gasteiger partial charge in [0.15, 0.2) is 0 Å². The van der Waals surface area contributed by atoms with E-state index in [1.807, 2.05) is 36.4 Å². The standard InChI is InChI=1S/C16H17ClN2O/c17-13-5-3-6-14(18)12(13)11-19-9-4-10-20-16-8-2-1-7-15(16)19/h1-3,5-8H,4,9-11,18H2. The third-order valence-electron chi connectivity index (χ3n) is 3.54. The van der Waals surface area contributed by atoms with Crippen molar-refractivity contribution in [3.8, 4) is 5.75 Å². The first-order chi connectivity index (χ1) is 9.75. The van der Waals surface area contributed by atoms with E-state index < -0.39 is 0 Å². The Morgan fingerprint density at radius 1 is 1.15 bits per heavy atom. The molecule has 0 amide bonds. The number of anilines is 2. The van der Waals surface area contributed by atoms with Crippen LogP contribution >= 0.6 is 11.6 Å². The fraction of sp³-hybridized carbons (Fsp3) is 0.250. The van der Waals surface area contributed by atoms with E-state index in [9.17, 15) is 0 Å². The van der Waals surface area contributed by atoms with Gasteiger partial charge in [0.1, 0.15) is 5.75 Å². The highest BCUT2D eigenvalue weighted by molar-refractivity contribution is 6.31. The molecule has 4 heteroatoms. The van der Waals surface area contributed by atoms with Crippen molar-refractivity contribution < 1.29 is 4.74 Å². The number of fused-ring (bicyclic) bond motifs is 1. The van der Waals surface area contributed by atoms with Gasteiger partial charge in [-0.05, 0) is 30.7 Å². The summed E-state index contributed by atoms with van der Waals surface area (Å²) in [6, 6.07) is 13.7. The van der Waals surface area contributed by atoms with E-state index in [2.05, 4.69) is 11.0 Å². The number of ether oxygens (including phenoxy) is 1. The number of nitrogens with zero attached hydrogens (tertiary/aromatic N) is 1. The van der Waals surface area contributed by atoms with Gasteiger partial charge in [0.2, 0.25) is 0 Å². The zero-order valence-corrected chi connectivity index (χ0v) is 11.9. The fourth-order valence-electron chi connectivity index (χ4n) is 2.50. The molecule has 104 valence electrons. The van der Waals surface area contributed by atoms with Gasteiger partial charge in [-0.1, -0.05) is 29.8 Å². The number of hydrogen-bond donors (Lipinski definition) is 1. The topological polar surface area (TPSA) is 38.5 Å². The Morgan fingerprint density at radius 3 is 2.85 bits per heavy atom. The molecular weight excluding hydrogens is 272 g/mol. The van der Waals surface area contributed by atoms with Gasteiger partial charge in [-0.3, -0.25) is 0 Å². The Bertz CT molecular complexity index is 595. The van der Waals surface area contributed by atoms with Crippen LogP contribution in [-0.2, 0) is 6.54 Å². The Kier molecular flexibility index (Phi) is 3.70. The predicted molar refractivity (Wildman–Crippen MR) is 83.5 cm³/mol. The van der Waals surface area contributed by atoms with E-state index in [1.165, 1.54) is 0 Å². The molecule has 3 rings (SSSR count). The maximum Gasteiger partial charge on any atom is 0.142 e. The normalized spacial score (nSPS) is 14.3. The number of halogens is 1. The molecule has 2 aromatic carbocycles. The lowest BCUT2D eigenvalue weighted by atomic mass is 10.1. The maximum absolute atomic E-state index is 6.28. The monoisotopic (exact) mass is 288 g/mol. The van der Waals surface area contributed by atoms with E-state index in [0.717, 1.165) is 42.3 Å². The average molecular weight is 289 g/mol. The second kappa shape index (κ2) is 5.63. The van der Waals surface area contributed by atoms with Gasteiger partial charge in [0, 0.05) is 29.4 Å². The van der Waals surface area contributed by atoms with Crippen LogP contribution in [0.15, 0.2) is 42.5 Å². The third-order valence-corrected chi connectivity index (χ3v) is 3.89. The zero-order valence-electron chi connectivity index (χ0n) is 11.2. The maximum atomic E-state index is 6.28. The molecule has 0 spiro atoms. The van der Waals surface area contributed by atoms with Crippen LogP contribution < -0.4 is 15.4 Å². The van der Waals surface area contributed by atoms with Gasteiger partial charge in [-0.15, -0.1) is 0 Å². The molecule has 20 heavy (non-hydrogen) atoms. The van der Waals surface area contributed by atoms with E-state index in [4.69, 9.17) is 22.1 Å². The van der Waals surface area contributed by atoms with Crippen molar-refractivity contribution >= 4 is 23.0 Å². The molecular formula is C16H17ClN2O. The lowest BCUT2D eigenvalue weighted by Gasteiger charge is -2.25. The summed E-state index contributed by atoms with van der Waals surface area (Å²) in [5.41, 5.74) is 8.87. The highest BCUT2D eigenvalue weighted by atomic mass is 35.5. The molecule has 0 fully saturated rings. The van der Waals surface area contributed by atoms with E-state index >= 15 is 0 Å². The van der Waals surface area contributed by atoms with E-state index in [0.29, 0.717) is 11.6 Å². The van der Waals surface area contributed by atoms with E-state index in [-0.39, 0.29) is 0 Å². The Balaban J connectivity index is 1.94. The summed E-state index contributed by atoms with van der Waals surface area (Å²) in [5.74, 6) is 0.927. The minimum atomic E-state index is 0.700. The number of hydrogen-bond acceptors (Lipinski definition) is 3. The SMILES string of the molecule is Nc1cccc(Cl)c1CN1CCCOc2ccccc21. The number of nitrogens with two attached hydrogens (primary N) is 1. The largest absolute Gasteiger partial charge is 0.491 e. The summed E-state index contributed by atoms with van der Waals surface area (Å²) in [5, 5.41) is 0.715. The highest BCUT2D eigenvalue weighted by Crippen LogP contribution is 2.33. The van der Waals surface area contributed by atoms with Crippen LogP contribution in [0.3, 0.4) is 0 Å². The Labute approximate surface area is 123 Å². The fourth-order valence-corrected chi connectivity index (χ4v) is 2.74. The second-order valence-corrected chi connectivity index (χ2v) is 5.31. The van der Waals surface area contributed by atoms with Gasteiger partial charge in [0.05, 0.1) is 12.3 Å². The van der Waals surface area contributed by atoms with Gasteiger partial charge < -0.3 is 15.4 Å². The molecule has 0 atom stereocenters. The van der Waals surface area contributed by atoms with Crippen LogP contribution in [0.4, 0.5) is 11.4 Å². The molecule has 0 bridgehead atoms. The number of para-hydroxylation sites is 2. The van der Waals surface area contributed by atoms with Gasteiger partial charge in [-0.25, -0.2) is 0 Å². The van der Waals surface area contributed by atoms with Crippen molar-refractivity contribution in [2.45, 2.75) is 13.0 Å². The van der Waals surface area contributed by atoms with Gasteiger partial charge >= 0.3 is 0 Å². The quantitative estimate of drug-likeness (QED) is 0.856. The van der Waals surface area contributed by atoms with Crippen molar-refractivity contribution in [1.82, 2.24) is 0 Å². The van der Waals surface area contributed by atoms with Crippen LogP contribution in [0.2, 0.25) is 5.02 Å². The molecule has 0 aliphatic carbocycles. The van der Waals surface area contributed by atoms with Crippen LogP contribution in [0.5, 0.6) is 5.75 Å². The average Bonchev–Trinajstić information content (AvgIpc) is 2.66. The smallest absolute Gasteiger partial charge is 0.142 e. The second-order valence-electron chi connectivity index (χ2n) is 4.90. The number of benzene rings is 2. The molecule has 0 radical (unpaired) electrons. The molecule has 2 aromatic rings. The minimum Gasteiger partial charge on any atom is -0.491 e. The predicted octanol–water partition coefficient (Wildman–Crippen LogP) is 3.71. The van der Waals surface area contributed by atoms with Crippen LogP contribution in [0, 0.1) is 0 Å². The molecule has 1 aliphatic rings. The third kappa shape index (κ3) is 2.54. The summed E-state index contributed by atoms with van der Waals surface area (Å²) >= 11 is 6.28. The summed E-state index contributed by atoms with van der Waals surface area (Å²) in [7, 11) is 0. The van der Waals surface area contributed by atoms with Crippen molar-refractivity contribution in [3.63, 3.8) is 0 Å². The van der Waals surface area contributed by atoms with Crippen LogP contribution in [-0.4, -0.2) is 13.2 Å². The van der Waals surface area contributed by atoms with E-state index in [1.54, 1.807) is 0 Å². The molecule has 1 aliphatic heterocycles. The van der Waals surface area contributed by atoms with Crippen LogP contribution in [0.25, 0.3) is 0 Å². The van der Waals surface area contributed by atoms with Gasteiger partial charge in [0.25, 0.3) is 0 Å². The molecule has 3 nitrogen and oxygen atoms in total. The van der Waals surface area contributed by atoms with Crippen molar-refractivity contribution in [3.05, 3.63) is 53.1 Å². The van der Waals surface area contributed by atoms with Crippen molar-refractivity contribution in [1.29, 1.82) is 0 Å². The first-order valence-corrected chi connectivity index (χ1v) is 7.13. The Hall–Kier alpha value is -1.87. The number of nitrogen functional groups attached to an aromatic ring is 1. The van der Waals surface area contributed by atoms with Gasteiger partial charge in [-0.2, -0.15) is 0 Å². The summed E-state index contributed by atoms with van der Waals surface area (Å²) in [6.07, 6.45) is 0.985. The van der Waals surface area contributed by atoms with Crippen molar-refractivity contribution in [2.75, 3.05) is 23.8 Å². The van der Waals surface area contributed by atoms with Crippen molar-refractivity contribution in [2.24, 2.45) is 0 Å². The minimum absolute atomic E-state index is 0.700. The molecule has 0 unspecified atom stereocenters.